The van der Waals surface area contributed by atoms with Crippen LogP contribution >= 0.6 is 0 Å². The van der Waals surface area contributed by atoms with Crippen LogP contribution in [0.25, 0.3) is 10.9 Å². The first-order valence-electron chi connectivity index (χ1n) is 9.39. The molecule has 7 heteroatoms. The van der Waals surface area contributed by atoms with E-state index in [2.05, 4.69) is 20.6 Å². The van der Waals surface area contributed by atoms with Gasteiger partial charge in [-0.05, 0) is 43.5 Å². The molecule has 0 saturated carbocycles. The van der Waals surface area contributed by atoms with Crippen molar-refractivity contribution < 1.29 is 4.79 Å². The van der Waals surface area contributed by atoms with Gasteiger partial charge in [0.15, 0.2) is 5.69 Å². The molecule has 0 bridgehead atoms. The predicted molar refractivity (Wildman–Crippen MR) is 103 cm³/mol. The minimum absolute atomic E-state index is 0.129. The van der Waals surface area contributed by atoms with Gasteiger partial charge < -0.3 is 10.2 Å². The fourth-order valence-corrected chi connectivity index (χ4v) is 3.65. The largest absolute Gasteiger partial charge is 0.336 e. The Morgan fingerprint density at radius 2 is 2.22 bits per heavy atom. The van der Waals surface area contributed by atoms with Gasteiger partial charge in [-0.2, -0.15) is 0 Å². The highest BCUT2D eigenvalue weighted by atomic mass is 16.2. The SMILES string of the molecule is CN(Cc1cccc2cccnc12)C(=O)c1cn(CC2CCCNC2)nn1. The zero-order valence-electron chi connectivity index (χ0n) is 15.5. The summed E-state index contributed by atoms with van der Waals surface area (Å²) in [5.41, 5.74) is 2.33. The van der Waals surface area contributed by atoms with Gasteiger partial charge in [-0.15, -0.1) is 5.10 Å². The number of hydrogen-bond donors (Lipinski definition) is 1. The van der Waals surface area contributed by atoms with Gasteiger partial charge in [0.05, 0.1) is 11.7 Å². The Morgan fingerprint density at radius 1 is 1.33 bits per heavy atom. The molecule has 1 aliphatic rings. The van der Waals surface area contributed by atoms with Crippen molar-refractivity contribution in [2.45, 2.75) is 25.9 Å². The summed E-state index contributed by atoms with van der Waals surface area (Å²) in [5, 5.41) is 12.7. The summed E-state index contributed by atoms with van der Waals surface area (Å²) < 4.78 is 1.79. The van der Waals surface area contributed by atoms with E-state index in [9.17, 15) is 4.79 Å². The quantitative estimate of drug-likeness (QED) is 0.750. The highest BCUT2D eigenvalue weighted by molar-refractivity contribution is 5.92. The molecule has 1 saturated heterocycles. The van der Waals surface area contributed by atoms with Gasteiger partial charge >= 0.3 is 0 Å². The Hall–Kier alpha value is -2.80. The second-order valence-corrected chi connectivity index (χ2v) is 7.19. The molecule has 4 rings (SSSR count). The molecule has 3 aromatic rings. The molecule has 140 valence electrons. The fraction of sp³-hybridized carbons (Fsp3) is 0.400. The first-order chi connectivity index (χ1) is 13.2. The van der Waals surface area contributed by atoms with E-state index < -0.39 is 0 Å². The molecule has 0 radical (unpaired) electrons. The zero-order valence-corrected chi connectivity index (χ0v) is 15.5. The summed E-state index contributed by atoms with van der Waals surface area (Å²) in [6, 6.07) is 9.97. The van der Waals surface area contributed by atoms with Crippen molar-refractivity contribution in [3.05, 3.63) is 54.0 Å². The molecule has 1 aliphatic heterocycles. The van der Waals surface area contributed by atoms with Crippen LogP contribution in [0, 0.1) is 5.92 Å². The highest BCUT2D eigenvalue weighted by Gasteiger charge is 2.19. The van der Waals surface area contributed by atoms with Crippen molar-refractivity contribution in [1.82, 2.24) is 30.2 Å². The van der Waals surface area contributed by atoms with Crippen LogP contribution in [0.3, 0.4) is 0 Å². The number of piperidine rings is 1. The summed E-state index contributed by atoms with van der Waals surface area (Å²) >= 11 is 0. The van der Waals surface area contributed by atoms with Gasteiger partial charge in [0.1, 0.15) is 0 Å². The van der Waals surface area contributed by atoms with Crippen LogP contribution in [0.15, 0.2) is 42.7 Å². The maximum atomic E-state index is 12.8. The summed E-state index contributed by atoms with van der Waals surface area (Å²) in [5.74, 6) is 0.416. The summed E-state index contributed by atoms with van der Waals surface area (Å²) in [7, 11) is 1.79. The van der Waals surface area contributed by atoms with Crippen molar-refractivity contribution in [3.63, 3.8) is 0 Å². The lowest BCUT2D eigenvalue weighted by Crippen LogP contribution is -2.32. The lowest BCUT2D eigenvalue weighted by molar-refractivity contribution is 0.0779. The number of amides is 1. The zero-order chi connectivity index (χ0) is 18.6. The monoisotopic (exact) mass is 364 g/mol. The Kier molecular flexibility index (Phi) is 5.11. The number of benzene rings is 1. The van der Waals surface area contributed by atoms with E-state index in [0.717, 1.165) is 36.1 Å². The third-order valence-electron chi connectivity index (χ3n) is 5.07. The van der Waals surface area contributed by atoms with E-state index >= 15 is 0 Å². The third kappa shape index (κ3) is 3.98. The van der Waals surface area contributed by atoms with Crippen LogP contribution in [0.5, 0.6) is 0 Å². The van der Waals surface area contributed by atoms with E-state index in [0.29, 0.717) is 18.2 Å². The van der Waals surface area contributed by atoms with Crippen LogP contribution < -0.4 is 5.32 Å². The number of hydrogen-bond acceptors (Lipinski definition) is 5. The molecular formula is C20H24N6O. The summed E-state index contributed by atoms with van der Waals surface area (Å²) in [4.78, 5) is 18.9. The Balaban J connectivity index is 1.44. The van der Waals surface area contributed by atoms with Gasteiger partial charge in [0.25, 0.3) is 5.91 Å². The number of nitrogens with one attached hydrogen (secondary N) is 1. The molecule has 1 fully saturated rings. The fourth-order valence-electron chi connectivity index (χ4n) is 3.65. The average molecular weight is 364 g/mol. The highest BCUT2D eigenvalue weighted by Crippen LogP contribution is 2.18. The van der Waals surface area contributed by atoms with Gasteiger partial charge in [-0.1, -0.05) is 29.5 Å². The molecule has 1 unspecified atom stereocenters. The lowest BCUT2D eigenvalue weighted by atomic mass is 10.00. The normalized spacial score (nSPS) is 17.1. The van der Waals surface area contributed by atoms with Crippen LogP contribution in [-0.4, -0.2) is 50.9 Å². The molecule has 7 nitrogen and oxygen atoms in total. The number of para-hydroxylation sites is 1. The third-order valence-corrected chi connectivity index (χ3v) is 5.07. The predicted octanol–water partition coefficient (Wildman–Crippen LogP) is 2.10. The second kappa shape index (κ2) is 7.84. The standard InChI is InChI=1S/C20H24N6O/c1-25(13-17-7-2-6-16-8-4-10-22-19(16)17)20(27)18-14-26(24-23-18)12-15-5-3-9-21-11-15/h2,4,6-8,10,14-15,21H,3,5,9,11-13H2,1H3. The number of carbonyl (C=O) groups excluding carboxylic acids is 1. The van der Waals surface area contributed by atoms with E-state index in [4.69, 9.17) is 0 Å². The first-order valence-corrected chi connectivity index (χ1v) is 9.39. The number of aromatic nitrogens is 4. The van der Waals surface area contributed by atoms with Crippen molar-refractivity contribution in [3.8, 4) is 0 Å². The minimum atomic E-state index is -0.129. The van der Waals surface area contributed by atoms with Crippen molar-refractivity contribution >= 4 is 16.8 Å². The maximum absolute atomic E-state index is 12.8. The average Bonchev–Trinajstić information content (AvgIpc) is 3.17. The molecule has 0 spiro atoms. The minimum Gasteiger partial charge on any atom is -0.336 e. The van der Waals surface area contributed by atoms with Crippen molar-refractivity contribution in [1.29, 1.82) is 0 Å². The summed E-state index contributed by atoms with van der Waals surface area (Å²) in [6.45, 7) is 3.36. The van der Waals surface area contributed by atoms with Crippen molar-refractivity contribution in [2.75, 3.05) is 20.1 Å². The van der Waals surface area contributed by atoms with Gasteiger partial charge in [-0.25, -0.2) is 0 Å². The summed E-state index contributed by atoms with van der Waals surface area (Å²) in [6.07, 6.45) is 5.91. The van der Waals surface area contributed by atoms with E-state index in [1.807, 2.05) is 30.3 Å². The van der Waals surface area contributed by atoms with Crippen LogP contribution in [0.4, 0.5) is 0 Å². The maximum Gasteiger partial charge on any atom is 0.276 e. The smallest absolute Gasteiger partial charge is 0.276 e. The number of rotatable bonds is 5. The molecule has 3 heterocycles. The first kappa shape index (κ1) is 17.6. The van der Waals surface area contributed by atoms with Gasteiger partial charge in [0, 0.05) is 31.7 Å². The van der Waals surface area contributed by atoms with Gasteiger partial charge in [0.2, 0.25) is 0 Å². The molecule has 2 aromatic heterocycles. The number of nitrogens with zero attached hydrogens (tertiary/aromatic N) is 5. The lowest BCUT2D eigenvalue weighted by Gasteiger charge is -2.22. The molecule has 0 aliphatic carbocycles. The molecule has 1 aromatic carbocycles. The molecule has 27 heavy (non-hydrogen) atoms. The molecule has 1 N–H and O–H groups in total. The second-order valence-electron chi connectivity index (χ2n) is 7.19. The number of pyridine rings is 1. The Morgan fingerprint density at radius 3 is 3.07 bits per heavy atom. The van der Waals surface area contributed by atoms with E-state index in [1.165, 1.54) is 12.8 Å². The number of fused-ring (bicyclic) bond motifs is 1. The van der Waals surface area contributed by atoms with E-state index in [-0.39, 0.29) is 5.91 Å². The molecule has 1 atom stereocenters. The van der Waals surface area contributed by atoms with Crippen molar-refractivity contribution in [2.24, 2.45) is 5.92 Å². The molecular weight excluding hydrogens is 340 g/mol. The van der Waals surface area contributed by atoms with Crippen LogP contribution in [-0.2, 0) is 13.1 Å². The number of carbonyl (C=O) groups is 1. The van der Waals surface area contributed by atoms with Crippen LogP contribution in [0.1, 0.15) is 28.9 Å². The topological polar surface area (TPSA) is 75.9 Å². The van der Waals surface area contributed by atoms with E-state index in [1.54, 1.807) is 29.0 Å². The Bertz CT molecular complexity index is 926. The van der Waals surface area contributed by atoms with Gasteiger partial charge in [-0.3, -0.25) is 14.5 Å². The van der Waals surface area contributed by atoms with Crippen LogP contribution in [0.2, 0.25) is 0 Å². The molecule has 1 amide bonds. The Labute approximate surface area is 158 Å².